The van der Waals surface area contributed by atoms with E-state index < -0.39 is 0 Å². The summed E-state index contributed by atoms with van der Waals surface area (Å²) in [5, 5.41) is 4.71. The minimum atomic E-state index is 0.478. The summed E-state index contributed by atoms with van der Waals surface area (Å²) in [7, 11) is 0. The second-order valence-corrected chi connectivity index (χ2v) is 3.75. The van der Waals surface area contributed by atoms with Gasteiger partial charge in [-0.25, -0.2) is 0 Å². The first-order valence-electron chi connectivity index (χ1n) is 4.95. The van der Waals surface area contributed by atoms with Crippen molar-refractivity contribution >= 4 is 11.3 Å². The second kappa shape index (κ2) is 2.63. The van der Waals surface area contributed by atoms with Gasteiger partial charge in [-0.1, -0.05) is 24.3 Å². The van der Waals surface area contributed by atoms with E-state index in [-0.39, 0.29) is 0 Å². The number of para-hydroxylation sites is 1. The van der Waals surface area contributed by atoms with Crippen molar-refractivity contribution in [3.8, 4) is 0 Å². The van der Waals surface area contributed by atoms with E-state index in [9.17, 15) is 0 Å². The highest BCUT2D eigenvalue weighted by Crippen LogP contribution is 2.39. The molecule has 0 bridgehead atoms. The summed E-state index contributed by atoms with van der Waals surface area (Å²) in [6.45, 7) is 0. The van der Waals surface area contributed by atoms with Gasteiger partial charge in [0.2, 0.25) is 0 Å². The van der Waals surface area contributed by atoms with Gasteiger partial charge in [-0.3, -0.25) is 5.32 Å². The molecule has 1 radical (unpaired) electrons. The van der Waals surface area contributed by atoms with E-state index in [2.05, 4.69) is 30.3 Å². The number of hydrogen-bond acceptors (Lipinski definition) is 0. The molecular formula is C12H12N. The Morgan fingerprint density at radius 2 is 2.15 bits per heavy atom. The molecule has 0 aromatic heterocycles. The van der Waals surface area contributed by atoms with E-state index in [1.165, 1.54) is 36.1 Å². The van der Waals surface area contributed by atoms with Gasteiger partial charge in [0, 0.05) is 5.56 Å². The standard InChI is InChI=1S/C12H12N/c1-3-7-11-9(5-1)10-6-2-4-8-12(10)13-11/h1,3,5-7,12H,2,4,8H2. The lowest BCUT2D eigenvalue weighted by Crippen LogP contribution is -2.15. The Morgan fingerprint density at radius 1 is 1.23 bits per heavy atom. The van der Waals surface area contributed by atoms with Crippen LogP contribution in [0.4, 0.5) is 5.69 Å². The molecule has 1 nitrogen and oxygen atoms in total. The number of allylic oxidation sites excluding steroid dienone is 1. The van der Waals surface area contributed by atoms with Gasteiger partial charge in [0.15, 0.2) is 0 Å². The molecule has 1 aromatic rings. The monoisotopic (exact) mass is 170 g/mol. The van der Waals surface area contributed by atoms with Crippen molar-refractivity contribution < 1.29 is 0 Å². The second-order valence-electron chi connectivity index (χ2n) is 3.75. The topological polar surface area (TPSA) is 14.1 Å². The first kappa shape index (κ1) is 7.19. The highest BCUT2D eigenvalue weighted by Gasteiger charge is 2.28. The van der Waals surface area contributed by atoms with Gasteiger partial charge in [0.1, 0.15) is 0 Å². The molecule has 0 N–H and O–H groups in total. The van der Waals surface area contributed by atoms with Crippen molar-refractivity contribution in [1.29, 1.82) is 0 Å². The molecule has 1 aliphatic carbocycles. The lowest BCUT2D eigenvalue weighted by atomic mass is 9.92. The number of hydrogen-bond donors (Lipinski definition) is 0. The average Bonchev–Trinajstić information content (AvgIpc) is 2.56. The molecule has 65 valence electrons. The fourth-order valence-corrected chi connectivity index (χ4v) is 2.28. The predicted molar refractivity (Wildman–Crippen MR) is 53.9 cm³/mol. The van der Waals surface area contributed by atoms with Crippen LogP contribution in [0.15, 0.2) is 30.3 Å². The zero-order chi connectivity index (χ0) is 8.67. The molecule has 1 heterocycles. The summed E-state index contributed by atoms with van der Waals surface area (Å²) in [5.41, 5.74) is 4.04. The molecule has 3 rings (SSSR count). The van der Waals surface area contributed by atoms with Crippen LogP contribution in [0.5, 0.6) is 0 Å². The third kappa shape index (κ3) is 0.998. The van der Waals surface area contributed by atoms with Crippen LogP contribution in [0, 0.1) is 0 Å². The van der Waals surface area contributed by atoms with Crippen molar-refractivity contribution in [3.63, 3.8) is 0 Å². The van der Waals surface area contributed by atoms with E-state index in [0.717, 1.165) is 0 Å². The van der Waals surface area contributed by atoms with Crippen molar-refractivity contribution in [2.45, 2.75) is 25.3 Å². The molecule has 2 aliphatic rings. The highest BCUT2D eigenvalue weighted by molar-refractivity contribution is 5.82. The van der Waals surface area contributed by atoms with E-state index >= 15 is 0 Å². The highest BCUT2D eigenvalue weighted by atomic mass is 15.0. The summed E-state index contributed by atoms with van der Waals surface area (Å²) in [4.78, 5) is 0. The van der Waals surface area contributed by atoms with Crippen LogP contribution in [-0.4, -0.2) is 6.04 Å². The number of benzene rings is 1. The Hall–Kier alpha value is -1.24. The van der Waals surface area contributed by atoms with Crippen molar-refractivity contribution in [2.75, 3.05) is 0 Å². The zero-order valence-corrected chi connectivity index (χ0v) is 7.53. The summed E-state index contributed by atoms with van der Waals surface area (Å²) in [5.74, 6) is 0. The molecule has 0 saturated heterocycles. The van der Waals surface area contributed by atoms with Crippen LogP contribution >= 0.6 is 0 Å². The molecule has 0 fully saturated rings. The maximum absolute atomic E-state index is 4.71. The normalized spacial score (nSPS) is 24.3. The molecule has 0 spiro atoms. The lowest BCUT2D eigenvalue weighted by molar-refractivity contribution is 0.614. The van der Waals surface area contributed by atoms with Crippen LogP contribution in [0.3, 0.4) is 0 Å². The minimum absolute atomic E-state index is 0.478. The van der Waals surface area contributed by atoms with Gasteiger partial charge in [0.25, 0.3) is 0 Å². The molecule has 0 saturated carbocycles. The van der Waals surface area contributed by atoms with Crippen LogP contribution < -0.4 is 5.32 Å². The largest absolute Gasteiger partial charge is 0.277 e. The molecule has 1 aliphatic heterocycles. The Bertz CT molecular complexity index is 365. The molecule has 1 heteroatoms. The summed E-state index contributed by atoms with van der Waals surface area (Å²) in [6.07, 6.45) is 6.13. The minimum Gasteiger partial charge on any atom is -0.277 e. The van der Waals surface area contributed by atoms with E-state index in [4.69, 9.17) is 5.32 Å². The van der Waals surface area contributed by atoms with E-state index in [0.29, 0.717) is 6.04 Å². The number of fused-ring (bicyclic) bond motifs is 3. The Labute approximate surface area is 78.5 Å². The average molecular weight is 170 g/mol. The quantitative estimate of drug-likeness (QED) is 0.568. The third-order valence-electron chi connectivity index (χ3n) is 2.91. The third-order valence-corrected chi connectivity index (χ3v) is 2.91. The smallest absolute Gasteiger partial charge is 0.0760 e. The van der Waals surface area contributed by atoms with Gasteiger partial charge in [0.05, 0.1) is 11.7 Å². The molecular weight excluding hydrogens is 158 g/mol. The van der Waals surface area contributed by atoms with Crippen molar-refractivity contribution in [2.24, 2.45) is 0 Å². The number of rotatable bonds is 0. The number of nitrogens with zero attached hydrogens (tertiary/aromatic N) is 1. The Morgan fingerprint density at radius 3 is 3.15 bits per heavy atom. The van der Waals surface area contributed by atoms with Gasteiger partial charge >= 0.3 is 0 Å². The molecule has 1 atom stereocenters. The van der Waals surface area contributed by atoms with Gasteiger partial charge in [-0.2, -0.15) is 0 Å². The predicted octanol–water partition coefficient (Wildman–Crippen LogP) is 2.87. The van der Waals surface area contributed by atoms with Crippen LogP contribution in [0.1, 0.15) is 24.8 Å². The maximum Gasteiger partial charge on any atom is 0.0760 e. The first-order chi connectivity index (χ1) is 6.45. The van der Waals surface area contributed by atoms with Crippen LogP contribution in [-0.2, 0) is 0 Å². The van der Waals surface area contributed by atoms with Crippen molar-refractivity contribution in [3.05, 3.63) is 35.9 Å². The fourth-order valence-electron chi connectivity index (χ4n) is 2.28. The first-order valence-corrected chi connectivity index (χ1v) is 4.95. The van der Waals surface area contributed by atoms with E-state index in [1.54, 1.807) is 0 Å². The van der Waals surface area contributed by atoms with E-state index in [1.807, 2.05) is 0 Å². The Balaban J connectivity index is 2.13. The summed E-state index contributed by atoms with van der Waals surface area (Å²) in [6, 6.07) is 8.96. The molecule has 13 heavy (non-hydrogen) atoms. The SMILES string of the molecule is C1=C2c3ccccc3[N]C2CCC1. The summed E-state index contributed by atoms with van der Waals surface area (Å²) < 4.78 is 0. The maximum atomic E-state index is 4.71. The molecule has 0 amide bonds. The van der Waals surface area contributed by atoms with Crippen molar-refractivity contribution in [1.82, 2.24) is 5.32 Å². The van der Waals surface area contributed by atoms with Crippen LogP contribution in [0.2, 0.25) is 0 Å². The molecule has 1 unspecified atom stereocenters. The van der Waals surface area contributed by atoms with Gasteiger partial charge in [-0.15, -0.1) is 0 Å². The lowest BCUT2D eigenvalue weighted by Gasteiger charge is -2.15. The summed E-state index contributed by atoms with van der Waals surface area (Å²) >= 11 is 0. The van der Waals surface area contributed by atoms with Gasteiger partial charge in [-0.05, 0) is 30.9 Å². The fraction of sp³-hybridized carbons (Fsp3) is 0.333. The Kier molecular flexibility index (Phi) is 1.45. The van der Waals surface area contributed by atoms with Gasteiger partial charge < -0.3 is 0 Å². The van der Waals surface area contributed by atoms with Crippen LogP contribution in [0.25, 0.3) is 5.57 Å². The zero-order valence-electron chi connectivity index (χ0n) is 7.53. The molecule has 1 aromatic carbocycles.